The third-order valence-corrected chi connectivity index (χ3v) is 22.0. The van der Waals surface area contributed by atoms with Crippen LogP contribution in [-0.4, -0.2) is 6.71 Å². The molecule has 3 unspecified atom stereocenters. The molecule has 4 aliphatic carbocycles. The van der Waals surface area contributed by atoms with Gasteiger partial charge in [-0.3, -0.25) is 0 Å². The predicted octanol–water partition coefficient (Wildman–Crippen LogP) is 19.3. The molecule has 0 saturated heterocycles. The number of hydrogen-bond acceptors (Lipinski definition) is 3. The third-order valence-electron chi connectivity index (χ3n) is 20.8. The summed E-state index contributed by atoms with van der Waals surface area (Å²) in [5.74, 6) is 1.45. The zero-order valence-electron chi connectivity index (χ0n) is 50.4. The Balaban J connectivity index is 1.08. The lowest BCUT2D eigenvalue weighted by atomic mass is 9.36. The van der Waals surface area contributed by atoms with E-state index in [-0.39, 0.29) is 44.6 Å². The summed E-state index contributed by atoms with van der Waals surface area (Å²) in [6.45, 7) is 38.6. The maximum atomic E-state index is 2.83. The molecule has 2 nitrogen and oxygen atoms in total. The highest BCUT2D eigenvalue weighted by molar-refractivity contribution is 7.33. The summed E-state index contributed by atoms with van der Waals surface area (Å²) in [6.07, 6.45) is 7.71. The first-order valence-corrected chi connectivity index (χ1v) is 31.0. The van der Waals surface area contributed by atoms with Crippen molar-refractivity contribution in [3.63, 3.8) is 0 Å². The van der Waals surface area contributed by atoms with Gasteiger partial charge in [-0.25, -0.2) is 0 Å². The van der Waals surface area contributed by atoms with E-state index in [0.717, 1.165) is 5.92 Å². The molecule has 7 aromatic carbocycles. The molecule has 14 rings (SSSR count). The summed E-state index contributed by atoms with van der Waals surface area (Å²) in [5, 5.41) is 1.37. The summed E-state index contributed by atoms with van der Waals surface area (Å²) in [5.41, 5.74) is 28.0. The van der Waals surface area contributed by atoms with E-state index in [1.165, 1.54) is 154 Å². The van der Waals surface area contributed by atoms with E-state index in [4.69, 9.17) is 0 Å². The molecule has 0 N–H and O–H groups in total. The minimum absolute atomic E-state index is 0.0150. The SMILES string of the molecule is CC(C)(C)c1ccc2c(c1)B1c3sc4ccc(C(C)(C)C)cc4c3N(c3cccc4c3-c3ccc(C(C)(C)C)cc3C43CC4CCC3C4)c3cc(C(C)(C)C)cc(c31)N2c1cccc(-c2ccc3c(c2)C(C)(C)CCC3(C)C)c1. The predicted molar refractivity (Wildman–Crippen MR) is 343 cm³/mol. The van der Waals surface area contributed by atoms with Crippen LogP contribution in [-0.2, 0) is 37.9 Å². The fourth-order valence-corrected chi connectivity index (χ4v) is 17.4. The van der Waals surface area contributed by atoms with Gasteiger partial charge in [0.05, 0.1) is 11.4 Å². The molecule has 1 aromatic heterocycles. The molecule has 402 valence electrons. The van der Waals surface area contributed by atoms with Crippen LogP contribution in [0.1, 0.15) is 194 Å². The zero-order chi connectivity index (χ0) is 55.5. The number of thiophene rings is 1. The van der Waals surface area contributed by atoms with Crippen LogP contribution >= 0.6 is 11.3 Å². The molecule has 6 aliphatic rings. The van der Waals surface area contributed by atoms with Gasteiger partial charge in [0, 0.05) is 48.6 Å². The Bertz CT molecular complexity index is 3890. The molecule has 0 radical (unpaired) electrons. The smallest absolute Gasteiger partial charge is 0.264 e. The second-order valence-electron chi connectivity index (χ2n) is 30.9. The van der Waals surface area contributed by atoms with Crippen LogP contribution in [0, 0.1) is 11.8 Å². The topological polar surface area (TPSA) is 6.48 Å². The van der Waals surface area contributed by atoms with Crippen LogP contribution in [0.2, 0.25) is 0 Å². The van der Waals surface area contributed by atoms with Crippen molar-refractivity contribution in [3.05, 3.63) is 172 Å². The quantitative estimate of drug-likeness (QED) is 0.163. The van der Waals surface area contributed by atoms with Crippen molar-refractivity contribution < 1.29 is 0 Å². The first-order chi connectivity index (χ1) is 37.1. The molecule has 79 heavy (non-hydrogen) atoms. The lowest BCUT2D eigenvalue weighted by Crippen LogP contribution is -2.60. The highest BCUT2D eigenvalue weighted by Crippen LogP contribution is 2.68. The molecule has 8 aromatic rings. The van der Waals surface area contributed by atoms with Gasteiger partial charge in [-0.05, 0) is 197 Å². The third kappa shape index (κ3) is 7.53. The summed E-state index contributed by atoms with van der Waals surface area (Å²) in [4.78, 5) is 5.51. The van der Waals surface area contributed by atoms with E-state index in [9.17, 15) is 0 Å². The van der Waals surface area contributed by atoms with Crippen molar-refractivity contribution in [1.82, 2.24) is 0 Å². The van der Waals surface area contributed by atoms with Gasteiger partial charge in [-0.15, -0.1) is 11.3 Å². The molecule has 2 saturated carbocycles. The number of hydrogen-bond donors (Lipinski definition) is 0. The van der Waals surface area contributed by atoms with Crippen molar-refractivity contribution in [3.8, 4) is 22.3 Å². The largest absolute Gasteiger partial charge is 0.311 e. The molecular weight excluding hydrogens is 972 g/mol. The van der Waals surface area contributed by atoms with Gasteiger partial charge >= 0.3 is 0 Å². The van der Waals surface area contributed by atoms with E-state index in [1.54, 1.807) is 11.1 Å². The van der Waals surface area contributed by atoms with Crippen molar-refractivity contribution in [1.29, 1.82) is 0 Å². The summed E-state index contributed by atoms with van der Waals surface area (Å²) < 4.78 is 2.81. The van der Waals surface area contributed by atoms with Gasteiger partial charge < -0.3 is 9.80 Å². The first kappa shape index (κ1) is 51.3. The number of benzene rings is 7. The standard InChI is InChI=1S/C75H83BN2S/c1-69(2,3)47-28-32-64-54(38-47)67-68(79-64)76-59-40-49(71(7,8)9)27-31-60(59)77(52-20-17-19-45(36-52)46-24-30-55-58(37-46)74(15,16)34-33-73(55,13)14)62-41-51(72(10,11)12)42-63(66(62)76)78(67)61-22-18-21-56-65(61)53-29-26-48(70(4,5)6)39-57(53)75(56)43-44-23-25-50(75)35-44/h17-22,24,26-32,36-42,44,50H,23,25,33-35,43H2,1-16H3. The summed E-state index contributed by atoms with van der Waals surface area (Å²) >= 11 is 2.04. The number of nitrogens with zero attached hydrogens (tertiary/aromatic N) is 2. The van der Waals surface area contributed by atoms with Crippen LogP contribution in [0.15, 0.2) is 127 Å². The van der Waals surface area contributed by atoms with E-state index >= 15 is 0 Å². The number of rotatable bonds is 3. The minimum Gasteiger partial charge on any atom is -0.311 e. The first-order valence-electron chi connectivity index (χ1n) is 30.2. The summed E-state index contributed by atoms with van der Waals surface area (Å²) in [7, 11) is 0. The minimum atomic E-state index is -0.140. The Hall–Kier alpha value is -5.84. The lowest BCUT2D eigenvalue weighted by Gasteiger charge is -2.45. The molecule has 1 spiro atoms. The van der Waals surface area contributed by atoms with Crippen molar-refractivity contribution in [2.75, 3.05) is 9.80 Å². The van der Waals surface area contributed by atoms with Crippen LogP contribution in [0.3, 0.4) is 0 Å². The number of fused-ring (bicyclic) bond motifs is 15. The fraction of sp³-hybridized carbons (Fsp3) is 0.413. The molecule has 4 heteroatoms. The molecule has 3 atom stereocenters. The van der Waals surface area contributed by atoms with E-state index < -0.39 is 0 Å². The Morgan fingerprint density at radius 3 is 1.82 bits per heavy atom. The highest BCUT2D eigenvalue weighted by Gasteiger charge is 2.58. The van der Waals surface area contributed by atoms with Gasteiger partial charge in [0.1, 0.15) is 0 Å². The van der Waals surface area contributed by atoms with Gasteiger partial charge in [-0.2, -0.15) is 0 Å². The number of anilines is 6. The van der Waals surface area contributed by atoms with E-state index in [2.05, 4.69) is 248 Å². The Morgan fingerprint density at radius 1 is 0.506 bits per heavy atom. The van der Waals surface area contributed by atoms with Gasteiger partial charge in [-0.1, -0.05) is 196 Å². The Morgan fingerprint density at radius 2 is 1.14 bits per heavy atom. The maximum absolute atomic E-state index is 2.83. The fourth-order valence-electron chi connectivity index (χ4n) is 16.1. The maximum Gasteiger partial charge on any atom is 0.264 e. The molecule has 2 bridgehead atoms. The normalized spacial score (nSPS) is 21.3. The average molecular weight is 1060 g/mol. The molecule has 2 aliphatic heterocycles. The Labute approximate surface area is 478 Å². The van der Waals surface area contributed by atoms with Gasteiger partial charge in [0.15, 0.2) is 0 Å². The van der Waals surface area contributed by atoms with Gasteiger partial charge in [0.2, 0.25) is 0 Å². The van der Waals surface area contributed by atoms with Crippen molar-refractivity contribution in [2.45, 2.75) is 187 Å². The van der Waals surface area contributed by atoms with E-state index in [0.29, 0.717) is 5.92 Å². The van der Waals surface area contributed by atoms with Crippen molar-refractivity contribution >= 4 is 78.0 Å². The second kappa shape index (κ2) is 16.6. The average Bonchev–Trinajstić information content (AvgIpc) is 2.63. The highest BCUT2D eigenvalue weighted by atomic mass is 32.1. The zero-order valence-corrected chi connectivity index (χ0v) is 51.2. The van der Waals surface area contributed by atoms with Crippen molar-refractivity contribution in [2.24, 2.45) is 11.8 Å². The second-order valence-corrected chi connectivity index (χ2v) is 32.0. The molecule has 0 amide bonds. The molecular formula is C75H83BN2S. The lowest BCUT2D eigenvalue weighted by molar-refractivity contribution is 0.326. The molecule has 2 fully saturated rings. The van der Waals surface area contributed by atoms with Crippen LogP contribution < -0.4 is 25.5 Å². The van der Waals surface area contributed by atoms with Gasteiger partial charge in [0.25, 0.3) is 6.71 Å². The Kier molecular flexibility index (Phi) is 10.8. The van der Waals surface area contributed by atoms with Crippen LogP contribution in [0.4, 0.5) is 34.1 Å². The van der Waals surface area contributed by atoms with E-state index in [1.807, 2.05) is 11.3 Å². The van der Waals surface area contributed by atoms with Crippen LogP contribution in [0.25, 0.3) is 32.3 Å². The monoisotopic (exact) mass is 1050 g/mol. The van der Waals surface area contributed by atoms with Crippen LogP contribution in [0.5, 0.6) is 0 Å². The molecule has 3 heterocycles. The summed E-state index contributed by atoms with van der Waals surface area (Å²) in [6, 6.07) is 52.4.